The van der Waals surface area contributed by atoms with Gasteiger partial charge in [-0.1, -0.05) is 6.92 Å². The molecule has 1 atom stereocenters. The minimum atomic E-state index is -0.505. The van der Waals surface area contributed by atoms with Crippen molar-refractivity contribution >= 4 is 29.0 Å². The second-order valence-electron chi connectivity index (χ2n) is 6.64. The number of carbonyl (C=O) groups excluding carboxylic acids is 3. The molecule has 7 nitrogen and oxygen atoms in total. The number of ketones is 1. The molecular formula is C22H27N3O4. The number of Topliss-reactive ketones (excluding diaryl/α,β-unsaturated/α-hetero) is 1. The van der Waals surface area contributed by atoms with Crippen LogP contribution in [0.3, 0.4) is 0 Å². The first-order valence-electron chi connectivity index (χ1n) is 9.43. The van der Waals surface area contributed by atoms with Crippen LogP contribution < -0.4 is 15.4 Å². The number of benzene rings is 2. The van der Waals surface area contributed by atoms with Crippen molar-refractivity contribution in [3.8, 4) is 5.75 Å². The van der Waals surface area contributed by atoms with E-state index in [1.807, 2.05) is 6.92 Å². The lowest BCUT2D eigenvalue weighted by atomic mass is 10.1. The Labute approximate surface area is 171 Å². The predicted octanol–water partition coefficient (Wildman–Crippen LogP) is 3.19. The maximum absolute atomic E-state index is 12.6. The maximum Gasteiger partial charge on any atom is 0.241 e. The molecule has 2 amide bonds. The van der Waals surface area contributed by atoms with E-state index < -0.39 is 6.04 Å². The molecule has 1 unspecified atom stereocenters. The minimum absolute atomic E-state index is 0.0312. The normalized spacial score (nSPS) is 11.6. The molecule has 29 heavy (non-hydrogen) atoms. The molecule has 2 N–H and O–H groups in total. The highest BCUT2D eigenvalue weighted by molar-refractivity contribution is 5.97. The highest BCUT2D eigenvalue weighted by Crippen LogP contribution is 2.15. The van der Waals surface area contributed by atoms with Crippen molar-refractivity contribution in [2.75, 3.05) is 30.8 Å². The fourth-order valence-electron chi connectivity index (χ4n) is 2.78. The van der Waals surface area contributed by atoms with E-state index in [2.05, 4.69) is 10.6 Å². The van der Waals surface area contributed by atoms with Crippen LogP contribution >= 0.6 is 0 Å². The van der Waals surface area contributed by atoms with E-state index in [1.54, 1.807) is 67.5 Å². The van der Waals surface area contributed by atoms with E-state index in [-0.39, 0.29) is 24.1 Å². The quantitative estimate of drug-likeness (QED) is 0.635. The van der Waals surface area contributed by atoms with Crippen LogP contribution in [0.25, 0.3) is 0 Å². The molecule has 0 aliphatic carbocycles. The number of methoxy groups -OCH3 is 1. The standard InChI is InChI=1S/C22H27N3O4/c1-5-25(14-21(27)23-18-10-12-20(29-4)13-11-18)15(2)22(28)24-19-8-6-17(7-9-19)16(3)26/h6-13,15H,5,14H2,1-4H3,(H,23,27)(H,24,28). The monoisotopic (exact) mass is 397 g/mol. The van der Waals surface area contributed by atoms with Gasteiger partial charge < -0.3 is 15.4 Å². The van der Waals surface area contributed by atoms with Crippen LogP contribution in [0.15, 0.2) is 48.5 Å². The van der Waals surface area contributed by atoms with Gasteiger partial charge in [0.25, 0.3) is 0 Å². The minimum Gasteiger partial charge on any atom is -0.497 e. The van der Waals surface area contributed by atoms with Crippen molar-refractivity contribution in [3.05, 3.63) is 54.1 Å². The molecule has 2 aromatic rings. The van der Waals surface area contributed by atoms with Gasteiger partial charge in [-0.3, -0.25) is 19.3 Å². The summed E-state index contributed by atoms with van der Waals surface area (Å²) in [6, 6.07) is 13.3. The third kappa shape index (κ3) is 6.43. The number of rotatable bonds is 9. The Morgan fingerprint density at radius 1 is 0.966 bits per heavy atom. The number of ether oxygens (including phenoxy) is 1. The van der Waals surface area contributed by atoms with E-state index in [0.29, 0.717) is 29.2 Å². The summed E-state index contributed by atoms with van der Waals surface area (Å²) in [5, 5.41) is 5.64. The average molecular weight is 397 g/mol. The largest absolute Gasteiger partial charge is 0.497 e. The van der Waals surface area contributed by atoms with Crippen LogP contribution in [-0.4, -0.2) is 48.7 Å². The molecule has 0 aliphatic rings. The van der Waals surface area contributed by atoms with Crippen molar-refractivity contribution in [2.24, 2.45) is 0 Å². The first-order chi connectivity index (χ1) is 13.8. The second kappa shape index (κ2) is 10.4. The molecule has 2 aromatic carbocycles. The highest BCUT2D eigenvalue weighted by atomic mass is 16.5. The maximum atomic E-state index is 12.6. The van der Waals surface area contributed by atoms with Gasteiger partial charge in [-0.25, -0.2) is 0 Å². The Bertz CT molecular complexity index is 847. The summed E-state index contributed by atoms with van der Waals surface area (Å²) < 4.78 is 5.10. The van der Waals surface area contributed by atoms with Crippen LogP contribution in [0.1, 0.15) is 31.1 Å². The topological polar surface area (TPSA) is 87.7 Å². The van der Waals surface area contributed by atoms with Gasteiger partial charge in [-0.05, 0) is 68.9 Å². The Kier molecular flexibility index (Phi) is 7.91. The van der Waals surface area contributed by atoms with E-state index >= 15 is 0 Å². The fraction of sp³-hybridized carbons (Fsp3) is 0.318. The Morgan fingerprint density at radius 3 is 2.03 bits per heavy atom. The smallest absolute Gasteiger partial charge is 0.241 e. The summed E-state index contributed by atoms with van der Waals surface area (Å²) in [5.41, 5.74) is 1.85. The molecular weight excluding hydrogens is 370 g/mol. The van der Waals surface area contributed by atoms with E-state index in [1.165, 1.54) is 6.92 Å². The molecule has 0 aromatic heterocycles. The molecule has 154 valence electrons. The summed E-state index contributed by atoms with van der Waals surface area (Å²) in [4.78, 5) is 38.1. The van der Waals surface area contributed by atoms with E-state index in [9.17, 15) is 14.4 Å². The lowest BCUT2D eigenvalue weighted by Crippen LogP contribution is -2.45. The Hall–Kier alpha value is -3.19. The third-order valence-electron chi connectivity index (χ3n) is 4.61. The zero-order valence-electron chi connectivity index (χ0n) is 17.2. The van der Waals surface area contributed by atoms with Crippen molar-refractivity contribution in [2.45, 2.75) is 26.8 Å². The molecule has 2 rings (SSSR count). The summed E-state index contributed by atoms with van der Waals surface area (Å²) in [6.07, 6.45) is 0. The Morgan fingerprint density at radius 2 is 1.52 bits per heavy atom. The van der Waals surface area contributed by atoms with Gasteiger partial charge in [0.15, 0.2) is 5.78 Å². The number of hydrogen-bond donors (Lipinski definition) is 2. The molecule has 0 radical (unpaired) electrons. The SMILES string of the molecule is CCN(CC(=O)Nc1ccc(OC)cc1)C(C)C(=O)Nc1ccc(C(C)=O)cc1. The number of carbonyl (C=O) groups is 3. The van der Waals surface area contributed by atoms with Gasteiger partial charge in [0.05, 0.1) is 19.7 Å². The van der Waals surface area contributed by atoms with Gasteiger partial charge in [0, 0.05) is 16.9 Å². The zero-order valence-corrected chi connectivity index (χ0v) is 17.2. The molecule has 0 saturated heterocycles. The number of hydrogen-bond acceptors (Lipinski definition) is 5. The van der Waals surface area contributed by atoms with Gasteiger partial charge >= 0.3 is 0 Å². The molecule has 0 aliphatic heterocycles. The first-order valence-corrected chi connectivity index (χ1v) is 9.43. The molecule has 0 heterocycles. The number of likely N-dealkylation sites (N-methyl/N-ethyl adjacent to an activating group) is 1. The molecule has 0 spiro atoms. The van der Waals surface area contributed by atoms with Gasteiger partial charge in [-0.2, -0.15) is 0 Å². The van der Waals surface area contributed by atoms with Crippen molar-refractivity contribution < 1.29 is 19.1 Å². The predicted molar refractivity (Wildman–Crippen MR) is 113 cm³/mol. The lowest BCUT2D eigenvalue weighted by molar-refractivity contribution is -0.123. The van der Waals surface area contributed by atoms with Gasteiger partial charge in [-0.15, -0.1) is 0 Å². The average Bonchev–Trinajstić information content (AvgIpc) is 2.72. The summed E-state index contributed by atoms with van der Waals surface area (Å²) in [6.45, 7) is 5.76. The van der Waals surface area contributed by atoms with Crippen LogP contribution in [-0.2, 0) is 9.59 Å². The van der Waals surface area contributed by atoms with E-state index in [0.717, 1.165) is 0 Å². The number of nitrogens with one attached hydrogen (secondary N) is 2. The Balaban J connectivity index is 1.93. The number of amides is 2. The first kappa shape index (κ1) is 22.1. The van der Waals surface area contributed by atoms with Crippen LogP contribution in [0.5, 0.6) is 5.75 Å². The number of anilines is 2. The molecule has 0 bridgehead atoms. The van der Waals surface area contributed by atoms with Gasteiger partial charge in [0.2, 0.25) is 11.8 Å². The van der Waals surface area contributed by atoms with E-state index in [4.69, 9.17) is 4.74 Å². The van der Waals surface area contributed by atoms with Gasteiger partial charge in [0.1, 0.15) is 5.75 Å². The van der Waals surface area contributed by atoms with Crippen molar-refractivity contribution in [3.63, 3.8) is 0 Å². The van der Waals surface area contributed by atoms with Crippen LogP contribution in [0.4, 0.5) is 11.4 Å². The van der Waals surface area contributed by atoms with Crippen LogP contribution in [0.2, 0.25) is 0 Å². The summed E-state index contributed by atoms with van der Waals surface area (Å²) in [5.74, 6) is 0.248. The second-order valence-corrected chi connectivity index (χ2v) is 6.64. The van der Waals surface area contributed by atoms with Crippen LogP contribution in [0, 0.1) is 0 Å². The molecule has 0 fully saturated rings. The zero-order chi connectivity index (χ0) is 21.4. The number of nitrogens with zero attached hydrogens (tertiary/aromatic N) is 1. The van der Waals surface area contributed by atoms with Crippen molar-refractivity contribution in [1.82, 2.24) is 4.90 Å². The third-order valence-corrected chi connectivity index (χ3v) is 4.61. The van der Waals surface area contributed by atoms with Crippen molar-refractivity contribution in [1.29, 1.82) is 0 Å². The molecule has 0 saturated carbocycles. The highest BCUT2D eigenvalue weighted by Gasteiger charge is 2.22. The molecule has 7 heteroatoms. The summed E-state index contributed by atoms with van der Waals surface area (Å²) in [7, 11) is 1.58. The lowest BCUT2D eigenvalue weighted by Gasteiger charge is -2.26. The summed E-state index contributed by atoms with van der Waals surface area (Å²) >= 11 is 0. The fourth-order valence-corrected chi connectivity index (χ4v) is 2.78.